The molecular weight excluding hydrogens is 574 g/mol. The summed E-state index contributed by atoms with van der Waals surface area (Å²) in [5.41, 5.74) is 3.71. The summed E-state index contributed by atoms with van der Waals surface area (Å²) in [6, 6.07) is 21.4. The molecule has 13 heteroatoms. The first kappa shape index (κ1) is 30.2. The predicted octanol–water partition coefficient (Wildman–Crippen LogP) is 4.39. The number of thioether (sulfide) groups is 1. The van der Waals surface area contributed by atoms with Gasteiger partial charge in [0.1, 0.15) is 5.75 Å². The number of phenolic OH excluding ortho intramolecular Hbond substituents is 1. The van der Waals surface area contributed by atoms with Crippen LogP contribution in [0.2, 0.25) is 0 Å². The van der Waals surface area contributed by atoms with Crippen LogP contribution in [0.4, 0.5) is 5.69 Å². The molecule has 4 N–H and O–H groups in total. The quantitative estimate of drug-likeness (QED) is 0.169. The van der Waals surface area contributed by atoms with Gasteiger partial charge in [0.15, 0.2) is 6.29 Å². The molecule has 2 heterocycles. The van der Waals surface area contributed by atoms with Crippen LogP contribution < -0.4 is 5.32 Å². The fourth-order valence-corrected chi connectivity index (χ4v) is 5.51. The van der Waals surface area contributed by atoms with Gasteiger partial charge in [0, 0.05) is 36.3 Å². The van der Waals surface area contributed by atoms with Crippen LogP contribution in [0.25, 0.3) is 5.69 Å². The van der Waals surface area contributed by atoms with E-state index < -0.39 is 12.3 Å². The molecule has 0 spiro atoms. The number of aliphatic hydroxyl groups excluding tert-OH is 1. The monoisotopic (exact) mass is 605 g/mol. The molecule has 1 saturated heterocycles. The van der Waals surface area contributed by atoms with Crippen molar-refractivity contribution in [3.8, 4) is 11.4 Å². The maximum atomic E-state index is 12.3. The van der Waals surface area contributed by atoms with Crippen molar-refractivity contribution in [1.82, 2.24) is 20.2 Å². The van der Waals surface area contributed by atoms with E-state index >= 15 is 0 Å². The van der Waals surface area contributed by atoms with Crippen molar-refractivity contribution in [2.75, 3.05) is 11.1 Å². The molecule has 0 radical (unpaired) electrons. The van der Waals surface area contributed by atoms with E-state index in [4.69, 9.17) is 14.6 Å². The molecule has 0 unspecified atom stereocenters. The summed E-state index contributed by atoms with van der Waals surface area (Å²) in [4.78, 5) is 23.1. The van der Waals surface area contributed by atoms with E-state index in [9.17, 15) is 19.8 Å². The van der Waals surface area contributed by atoms with Gasteiger partial charge in [-0.05, 0) is 64.4 Å². The highest BCUT2D eigenvalue weighted by Gasteiger charge is 2.33. The van der Waals surface area contributed by atoms with Gasteiger partial charge in [0.05, 0.1) is 24.5 Å². The molecule has 0 saturated carbocycles. The number of nitrogens with one attached hydrogen (secondary N) is 1. The van der Waals surface area contributed by atoms with E-state index in [1.54, 1.807) is 47.1 Å². The molecule has 1 fully saturated rings. The lowest BCUT2D eigenvalue weighted by molar-refractivity contribution is -0.245. The first-order valence-electron chi connectivity index (χ1n) is 13.7. The average Bonchev–Trinajstić information content (AvgIpc) is 3.49. The minimum absolute atomic E-state index is 0.0542. The first-order chi connectivity index (χ1) is 20.9. The largest absolute Gasteiger partial charge is 0.508 e. The molecule has 3 atom stereocenters. The normalized spacial score (nSPS) is 18.3. The Morgan fingerprint density at radius 1 is 1.00 bits per heavy atom. The minimum atomic E-state index is -0.938. The van der Waals surface area contributed by atoms with Crippen LogP contribution in [-0.4, -0.2) is 59.3 Å². The molecule has 12 nitrogen and oxygen atoms in total. The van der Waals surface area contributed by atoms with Crippen molar-refractivity contribution in [3.05, 3.63) is 89.5 Å². The average molecular weight is 606 g/mol. The molecule has 1 aliphatic heterocycles. The van der Waals surface area contributed by atoms with Gasteiger partial charge in [-0.2, -0.15) is 4.68 Å². The maximum absolute atomic E-state index is 12.3. The number of carbonyl (C=O) groups excluding carboxylic acids is 1. The van der Waals surface area contributed by atoms with Crippen LogP contribution in [0.1, 0.15) is 54.8 Å². The Kier molecular flexibility index (Phi) is 10.00. The van der Waals surface area contributed by atoms with E-state index in [0.717, 1.165) is 11.1 Å². The second-order valence-corrected chi connectivity index (χ2v) is 11.0. The smallest absolute Gasteiger partial charge is 0.303 e. The van der Waals surface area contributed by atoms with E-state index in [0.29, 0.717) is 34.3 Å². The molecular formula is C30H31N5O7S. The maximum Gasteiger partial charge on any atom is 0.303 e. The zero-order valence-electron chi connectivity index (χ0n) is 23.1. The number of hydrogen-bond acceptors (Lipinski definition) is 10. The van der Waals surface area contributed by atoms with Gasteiger partial charge >= 0.3 is 5.97 Å². The number of aromatic nitrogens is 4. The molecule has 1 aliphatic rings. The summed E-state index contributed by atoms with van der Waals surface area (Å²) < 4.78 is 14.4. The number of aliphatic carboxylic acids is 1. The number of nitrogens with zero attached hydrogens (tertiary/aromatic N) is 4. The highest BCUT2D eigenvalue weighted by atomic mass is 32.2. The number of ether oxygens (including phenoxy) is 2. The highest BCUT2D eigenvalue weighted by molar-refractivity contribution is 7.99. The highest BCUT2D eigenvalue weighted by Crippen LogP contribution is 2.40. The zero-order chi connectivity index (χ0) is 30.2. The number of benzene rings is 3. The lowest BCUT2D eigenvalue weighted by Gasteiger charge is -2.36. The third kappa shape index (κ3) is 8.17. The van der Waals surface area contributed by atoms with E-state index in [1.807, 2.05) is 30.3 Å². The Bertz CT molecular complexity index is 1530. The second-order valence-electron chi connectivity index (χ2n) is 9.97. The van der Waals surface area contributed by atoms with Crippen molar-refractivity contribution in [1.29, 1.82) is 0 Å². The molecule has 5 rings (SSSR count). The lowest BCUT2D eigenvalue weighted by Crippen LogP contribution is -2.31. The first-order valence-corrected chi connectivity index (χ1v) is 14.7. The van der Waals surface area contributed by atoms with Gasteiger partial charge in [0.25, 0.3) is 0 Å². The number of rotatable bonds is 12. The Labute approximate surface area is 251 Å². The minimum Gasteiger partial charge on any atom is -0.508 e. The fraction of sp³-hybridized carbons (Fsp3) is 0.300. The number of carboxylic acid groups (broad SMARTS) is 1. The van der Waals surface area contributed by atoms with Crippen LogP contribution >= 0.6 is 11.8 Å². The molecule has 224 valence electrons. The Morgan fingerprint density at radius 2 is 1.79 bits per heavy atom. The SMILES string of the molecule is O=C(O)CCCC(=O)Nc1cccc([C@@H]2O[C@H](CSc3nnnn3-c3ccc(O)cc3)C[C@H](c3ccc(CO)cc3)O2)c1. The predicted molar refractivity (Wildman–Crippen MR) is 157 cm³/mol. The molecule has 4 aromatic rings. The second kappa shape index (κ2) is 14.2. The number of aliphatic hydroxyl groups is 1. The number of anilines is 1. The van der Waals surface area contributed by atoms with Crippen molar-refractivity contribution < 1.29 is 34.4 Å². The van der Waals surface area contributed by atoms with Crippen molar-refractivity contribution in [2.45, 2.75) is 55.9 Å². The van der Waals surface area contributed by atoms with E-state index in [2.05, 4.69) is 20.8 Å². The Balaban J connectivity index is 1.32. The lowest BCUT2D eigenvalue weighted by atomic mass is 10.0. The van der Waals surface area contributed by atoms with Gasteiger partial charge in [0.2, 0.25) is 11.1 Å². The third-order valence-electron chi connectivity index (χ3n) is 6.79. The summed E-state index contributed by atoms with van der Waals surface area (Å²) >= 11 is 1.43. The summed E-state index contributed by atoms with van der Waals surface area (Å²) in [6.45, 7) is -0.0542. The van der Waals surface area contributed by atoms with Crippen molar-refractivity contribution in [2.24, 2.45) is 0 Å². The molecule has 0 aliphatic carbocycles. The van der Waals surface area contributed by atoms with Crippen LogP contribution in [0.3, 0.4) is 0 Å². The van der Waals surface area contributed by atoms with Crippen LogP contribution in [0, 0.1) is 0 Å². The standard InChI is InChI=1S/C30H31N5O7S/c36-17-19-7-9-20(10-8-19)26-16-25(18-43-30-32-33-34-35(30)23-11-13-24(37)14-12-23)41-29(42-26)21-3-1-4-22(15-21)31-27(38)5-2-6-28(39)40/h1,3-4,7-15,25-26,29,36-37H,2,5-6,16-18H2,(H,31,38)(H,39,40)/t25-,26+,29+/m0/s1. The third-order valence-corrected chi connectivity index (χ3v) is 7.84. The summed E-state index contributed by atoms with van der Waals surface area (Å²) in [5, 5.41) is 43.4. The molecule has 1 aromatic heterocycles. The number of tetrazole rings is 1. The number of hydrogen-bond donors (Lipinski definition) is 4. The van der Waals surface area contributed by atoms with Gasteiger partial charge in [-0.1, -0.05) is 48.2 Å². The molecule has 3 aromatic carbocycles. The van der Waals surface area contributed by atoms with Gasteiger partial charge in [-0.25, -0.2) is 0 Å². The summed E-state index contributed by atoms with van der Waals surface area (Å²) in [5.74, 6) is -0.547. The topological polar surface area (TPSA) is 169 Å². The van der Waals surface area contributed by atoms with Crippen LogP contribution in [0.5, 0.6) is 5.75 Å². The summed E-state index contributed by atoms with van der Waals surface area (Å²) in [7, 11) is 0. The molecule has 1 amide bonds. The van der Waals surface area contributed by atoms with E-state index in [1.165, 1.54) is 11.8 Å². The number of amides is 1. The Morgan fingerprint density at radius 3 is 2.53 bits per heavy atom. The van der Waals surface area contributed by atoms with Crippen LogP contribution in [-0.2, 0) is 25.7 Å². The van der Waals surface area contributed by atoms with Gasteiger partial charge in [-0.15, -0.1) is 5.10 Å². The number of carboxylic acids is 1. The Hall–Kier alpha value is -4.30. The van der Waals surface area contributed by atoms with E-state index in [-0.39, 0.29) is 49.7 Å². The zero-order valence-corrected chi connectivity index (χ0v) is 23.9. The van der Waals surface area contributed by atoms with Gasteiger partial charge in [-0.3, -0.25) is 9.59 Å². The number of carbonyl (C=O) groups is 2. The number of phenols is 1. The van der Waals surface area contributed by atoms with Crippen LogP contribution in [0.15, 0.2) is 78.0 Å². The summed E-state index contributed by atoms with van der Waals surface area (Å²) in [6.07, 6.45) is -0.464. The number of aromatic hydroxyl groups is 1. The molecule has 43 heavy (non-hydrogen) atoms. The van der Waals surface area contributed by atoms with Crippen molar-refractivity contribution >= 4 is 29.3 Å². The fourth-order valence-electron chi connectivity index (χ4n) is 4.60. The van der Waals surface area contributed by atoms with Gasteiger partial charge < -0.3 is 30.1 Å². The molecule has 0 bridgehead atoms. The van der Waals surface area contributed by atoms with Crippen molar-refractivity contribution in [3.63, 3.8) is 0 Å².